The number of nitrogens with zero attached hydrogens (tertiary/aromatic N) is 1. The molecule has 2 amide bonds. The van der Waals surface area contributed by atoms with Crippen molar-refractivity contribution in [3.63, 3.8) is 0 Å². The molecule has 1 heterocycles. The summed E-state index contributed by atoms with van der Waals surface area (Å²) < 4.78 is 5.70. The number of fused-ring (bicyclic) bond motifs is 1. The minimum absolute atomic E-state index is 0.00595. The molecule has 0 bridgehead atoms. The SMILES string of the molecule is CO[C@H](c1ccc(NC(=O)[C@H](C)O)cc1)[C@H](C)/C=C/CC(=O)N1Cc2ccccc2C[C@H]1CO. The van der Waals surface area contributed by atoms with Crippen molar-refractivity contribution in [2.75, 3.05) is 19.0 Å². The number of carbonyl (C=O) groups excluding carboxylic acids is 2. The van der Waals surface area contributed by atoms with Crippen molar-refractivity contribution in [3.8, 4) is 0 Å². The molecule has 34 heavy (non-hydrogen) atoms. The molecule has 0 radical (unpaired) electrons. The van der Waals surface area contributed by atoms with Gasteiger partial charge in [-0.3, -0.25) is 9.59 Å². The highest BCUT2D eigenvalue weighted by atomic mass is 16.5. The number of amides is 2. The van der Waals surface area contributed by atoms with Gasteiger partial charge in [-0.05, 0) is 42.2 Å². The number of nitrogens with one attached hydrogen (secondary N) is 1. The van der Waals surface area contributed by atoms with Gasteiger partial charge in [-0.15, -0.1) is 0 Å². The fraction of sp³-hybridized carbons (Fsp3) is 0.407. The van der Waals surface area contributed by atoms with Crippen molar-refractivity contribution in [2.24, 2.45) is 5.92 Å². The summed E-state index contributed by atoms with van der Waals surface area (Å²) in [7, 11) is 1.64. The van der Waals surface area contributed by atoms with Gasteiger partial charge in [-0.2, -0.15) is 0 Å². The van der Waals surface area contributed by atoms with Gasteiger partial charge in [0.05, 0.1) is 18.8 Å². The lowest BCUT2D eigenvalue weighted by Gasteiger charge is -2.36. The summed E-state index contributed by atoms with van der Waals surface area (Å²) in [5.74, 6) is -0.465. The van der Waals surface area contributed by atoms with E-state index >= 15 is 0 Å². The second kappa shape index (κ2) is 11.9. The van der Waals surface area contributed by atoms with Crippen molar-refractivity contribution in [1.29, 1.82) is 0 Å². The van der Waals surface area contributed by atoms with Crippen LogP contribution in [0.1, 0.15) is 43.1 Å². The molecule has 182 valence electrons. The van der Waals surface area contributed by atoms with Crippen LogP contribution in [-0.4, -0.2) is 52.8 Å². The van der Waals surface area contributed by atoms with Crippen molar-refractivity contribution < 1.29 is 24.5 Å². The topological polar surface area (TPSA) is 99.1 Å². The summed E-state index contributed by atoms with van der Waals surface area (Å²) in [6, 6.07) is 15.1. The highest BCUT2D eigenvalue weighted by Gasteiger charge is 2.28. The van der Waals surface area contributed by atoms with Crippen LogP contribution >= 0.6 is 0 Å². The minimum atomic E-state index is -1.08. The van der Waals surface area contributed by atoms with E-state index in [9.17, 15) is 19.8 Å². The molecule has 0 fully saturated rings. The maximum Gasteiger partial charge on any atom is 0.252 e. The number of hydrogen-bond donors (Lipinski definition) is 3. The average Bonchev–Trinajstić information content (AvgIpc) is 2.84. The Balaban J connectivity index is 1.60. The van der Waals surface area contributed by atoms with Gasteiger partial charge >= 0.3 is 0 Å². The van der Waals surface area contributed by atoms with Crippen LogP contribution in [-0.2, 0) is 27.3 Å². The van der Waals surface area contributed by atoms with E-state index in [2.05, 4.69) is 11.4 Å². The van der Waals surface area contributed by atoms with E-state index in [1.54, 1.807) is 24.1 Å². The minimum Gasteiger partial charge on any atom is -0.394 e. The van der Waals surface area contributed by atoms with Crippen LogP contribution in [0.15, 0.2) is 60.7 Å². The monoisotopic (exact) mass is 466 g/mol. The number of ether oxygens (including phenoxy) is 1. The third-order valence-corrected chi connectivity index (χ3v) is 6.24. The Morgan fingerprint density at radius 1 is 1.15 bits per heavy atom. The van der Waals surface area contributed by atoms with Crippen LogP contribution < -0.4 is 5.32 Å². The Morgan fingerprint density at radius 2 is 1.82 bits per heavy atom. The summed E-state index contributed by atoms with van der Waals surface area (Å²) in [6.45, 7) is 3.89. The Kier molecular flexibility index (Phi) is 8.98. The molecule has 0 aliphatic carbocycles. The first-order valence-electron chi connectivity index (χ1n) is 11.6. The molecular weight excluding hydrogens is 432 g/mol. The van der Waals surface area contributed by atoms with E-state index in [-0.39, 0.29) is 37.0 Å². The third kappa shape index (κ3) is 6.32. The standard InChI is InChI=1S/C27H34N2O5/c1-18(26(34-3)20-11-13-23(14-12-20)28-27(33)19(2)31)7-6-10-25(32)29-16-22-9-5-4-8-21(22)15-24(29)17-30/h4-9,11-14,18-19,24,26,30-31H,10,15-17H2,1-3H3,(H,28,33)/b7-6+/t18-,19+,24+,26+/m1/s1. The van der Waals surface area contributed by atoms with E-state index in [1.807, 2.05) is 49.4 Å². The van der Waals surface area contributed by atoms with Crippen LogP contribution in [0.5, 0.6) is 0 Å². The van der Waals surface area contributed by atoms with Gasteiger partial charge in [-0.1, -0.05) is 55.5 Å². The summed E-state index contributed by atoms with van der Waals surface area (Å²) in [6.07, 6.45) is 3.46. The molecule has 0 spiro atoms. The first-order chi connectivity index (χ1) is 16.3. The molecule has 3 rings (SSSR count). The highest BCUT2D eigenvalue weighted by molar-refractivity contribution is 5.93. The van der Waals surface area contributed by atoms with Gasteiger partial charge in [0.25, 0.3) is 5.91 Å². The van der Waals surface area contributed by atoms with Gasteiger partial charge in [0, 0.05) is 31.7 Å². The number of aliphatic hydroxyl groups is 2. The zero-order valence-electron chi connectivity index (χ0n) is 20.0. The van der Waals surface area contributed by atoms with Crippen LogP contribution in [0, 0.1) is 5.92 Å². The third-order valence-electron chi connectivity index (χ3n) is 6.24. The number of anilines is 1. The van der Waals surface area contributed by atoms with Crippen molar-refractivity contribution in [3.05, 3.63) is 77.4 Å². The molecule has 1 aliphatic heterocycles. The van der Waals surface area contributed by atoms with Crippen molar-refractivity contribution >= 4 is 17.5 Å². The van der Waals surface area contributed by atoms with Gasteiger partial charge in [0.15, 0.2) is 0 Å². The Bertz CT molecular complexity index is 1000. The van der Waals surface area contributed by atoms with E-state index in [1.165, 1.54) is 12.5 Å². The van der Waals surface area contributed by atoms with Crippen molar-refractivity contribution in [2.45, 2.75) is 51.5 Å². The zero-order chi connectivity index (χ0) is 24.7. The number of carbonyl (C=O) groups is 2. The molecule has 7 nitrogen and oxygen atoms in total. The summed E-state index contributed by atoms with van der Waals surface area (Å²) in [4.78, 5) is 26.3. The van der Waals surface area contributed by atoms with Crippen LogP contribution in [0.2, 0.25) is 0 Å². The van der Waals surface area contributed by atoms with Crippen LogP contribution in [0.3, 0.4) is 0 Å². The summed E-state index contributed by atoms with van der Waals surface area (Å²) in [5.41, 5.74) is 3.86. The number of benzene rings is 2. The molecule has 4 atom stereocenters. The lowest BCUT2D eigenvalue weighted by Crippen LogP contribution is -2.46. The van der Waals surface area contributed by atoms with Gasteiger partial charge < -0.3 is 25.2 Å². The quantitative estimate of drug-likeness (QED) is 0.493. The molecule has 0 aromatic heterocycles. The molecule has 2 aromatic rings. The number of aliphatic hydroxyl groups excluding tert-OH is 2. The van der Waals surface area contributed by atoms with E-state index in [0.717, 1.165) is 11.1 Å². The van der Waals surface area contributed by atoms with Gasteiger partial charge in [0.2, 0.25) is 5.91 Å². The number of methoxy groups -OCH3 is 1. The molecular formula is C27H34N2O5. The lowest BCUT2D eigenvalue weighted by atomic mass is 9.93. The molecule has 3 N–H and O–H groups in total. The molecule has 7 heteroatoms. The maximum atomic E-state index is 12.9. The molecule has 0 saturated carbocycles. The first-order valence-corrected chi connectivity index (χ1v) is 11.6. The Morgan fingerprint density at radius 3 is 2.44 bits per heavy atom. The van der Waals surface area contributed by atoms with E-state index < -0.39 is 12.0 Å². The molecule has 0 saturated heterocycles. The van der Waals surface area contributed by atoms with Gasteiger partial charge in [0.1, 0.15) is 6.10 Å². The lowest BCUT2D eigenvalue weighted by molar-refractivity contribution is -0.134. The van der Waals surface area contributed by atoms with E-state index in [0.29, 0.717) is 18.7 Å². The normalized spacial score (nSPS) is 18.3. The molecule has 1 aliphatic rings. The summed E-state index contributed by atoms with van der Waals surface area (Å²) in [5, 5.41) is 21.8. The Hall–Kier alpha value is -3.00. The number of hydrogen-bond acceptors (Lipinski definition) is 5. The molecule has 2 aromatic carbocycles. The second-order valence-electron chi connectivity index (χ2n) is 8.77. The van der Waals surface area contributed by atoms with Crippen LogP contribution in [0.25, 0.3) is 0 Å². The van der Waals surface area contributed by atoms with Crippen molar-refractivity contribution in [1.82, 2.24) is 4.90 Å². The van der Waals surface area contributed by atoms with E-state index in [4.69, 9.17) is 4.74 Å². The smallest absolute Gasteiger partial charge is 0.252 e. The number of rotatable bonds is 9. The largest absolute Gasteiger partial charge is 0.394 e. The predicted molar refractivity (Wildman–Crippen MR) is 131 cm³/mol. The maximum absolute atomic E-state index is 12.9. The second-order valence-corrected chi connectivity index (χ2v) is 8.77. The van der Waals surface area contributed by atoms with Gasteiger partial charge in [-0.25, -0.2) is 0 Å². The molecule has 0 unspecified atom stereocenters. The Labute approximate surface area is 201 Å². The zero-order valence-corrected chi connectivity index (χ0v) is 20.0. The first kappa shape index (κ1) is 25.6. The summed E-state index contributed by atoms with van der Waals surface area (Å²) >= 11 is 0. The fourth-order valence-electron chi connectivity index (χ4n) is 4.30. The average molecular weight is 467 g/mol. The highest BCUT2D eigenvalue weighted by Crippen LogP contribution is 2.28. The van der Waals surface area contributed by atoms with Crippen LogP contribution in [0.4, 0.5) is 5.69 Å². The fourth-order valence-corrected chi connectivity index (χ4v) is 4.30. The predicted octanol–water partition coefficient (Wildman–Crippen LogP) is 3.22.